The minimum absolute atomic E-state index is 0.0229. The molecule has 142 valence electrons. The number of hydrogen-bond donors (Lipinski definition) is 0. The lowest BCUT2D eigenvalue weighted by Crippen LogP contribution is -2.48. The average Bonchev–Trinajstić information content (AvgIpc) is 2.57. The molecule has 1 aliphatic carbocycles. The number of hydrogen-bond acceptors (Lipinski definition) is 5. The highest BCUT2D eigenvalue weighted by atomic mass is 16.6. The number of carbonyl (C=O) groups is 3. The van der Waals surface area contributed by atoms with Crippen LogP contribution < -0.4 is 9.64 Å². The Balaban J connectivity index is 2.12. The van der Waals surface area contributed by atoms with Crippen molar-refractivity contribution in [1.29, 1.82) is 0 Å². The van der Waals surface area contributed by atoms with Crippen LogP contribution in [-0.4, -0.2) is 30.0 Å². The summed E-state index contributed by atoms with van der Waals surface area (Å²) in [7, 11) is 0. The van der Waals surface area contributed by atoms with E-state index in [-0.39, 0.29) is 18.1 Å². The van der Waals surface area contributed by atoms with E-state index in [9.17, 15) is 14.4 Å². The van der Waals surface area contributed by atoms with Gasteiger partial charge in [-0.2, -0.15) is 0 Å². The summed E-state index contributed by atoms with van der Waals surface area (Å²) < 4.78 is 11.0. The monoisotopic (exact) mass is 369 g/mol. The maximum atomic E-state index is 12.9. The first kappa shape index (κ1) is 18.9. The fourth-order valence-corrected chi connectivity index (χ4v) is 3.28. The van der Waals surface area contributed by atoms with Crippen molar-refractivity contribution in [3.05, 3.63) is 48.1 Å². The molecule has 6 nitrogen and oxygen atoms in total. The van der Waals surface area contributed by atoms with Gasteiger partial charge in [0.2, 0.25) is 5.91 Å². The van der Waals surface area contributed by atoms with Gasteiger partial charge in [0.25, 0.3) is 0 Å². The van der Waals surface area contributed by atoms with Crippen LogP contribution in [0.4, 0.5) is 10.5 Å². The third-order valence-corrected chi connectivity index (χ3v) is 4.38. The molecule has 1 aromatic carbocycles. The second kappa shape index (κ2) is 6.68. The van der Waals surface area contributed by atoms with Crippen molar-refractivity contribution >= 4 is 23.5 Å². The molecule has 1 aromatic rings. The number of anilines is 1. The summed E-state index contributed by atoms with van der Waals surface area (Å²) in [4.78, 5) is 38.3. The Morgan fingerprint density at radius 3 is 2.44 bits per heavy atom. The van der Waals surface area contributed by atoms with Crippen molar-refractivity contribution in [2.24, 2.45) is 0 Å². The standard InChI is InChI=1S/C21H23NO5/c1-5-26-15-6-7-17-16(12-15)21(10-8-14(23)9-11-21)13-18(24)22(17)19(25)27-20(2,3)4/h6-12H,5,13H2,1-4H3. The number of nitrogens with zero attached hydrogens (tertiary/aromatic N) is 1. The van der Waals surface area contributed by atoms with E-state index in [0.717, 1.165) is 10.5 Å². The maximum Gasteiger partial charge on any atom is 0.421 e. The number of ether oxygens (including phenoxy) is 2. The number of rotatable bonds is 2. The van der Waals surface area contributed by atoms with Gasteiger partial charge >= 0.3 is 6.09 Å². The number of ketones is 1. The molecule has 27 heavy (non-hydrogen) atoms. The predicted molar refractivity (Wildman–Crippen MR) is 101 cm³/mol. The van der Waals surface area contributed by atoms with Crippen molar-refractivity contribution in [2.75, 3.05) is 11.5 Å². The third-order valence-electron chi connectivity index (χ3n) is 4.38. The zero-order chi connectivity index (χ0) is 19.8. The Hall–Kier alpha value is -2.89. The molecule has 0 aromatic heterocycles. The molecule has 6 heteroatoms. The Morgan fingerprint density at radius 1 is 1.19 bits per heavy atom. The van der Waals surface area contributed by atoms with E-state index in [0.29, 0.717) is 18.0 Å². The SMILES string of the molecule is CCOc1ccc2c(c1)C1(C=CC(=O)C=C1)CC(=O)N2C(=O)OC(C)(C)C. The van der Waals surface area contributed by atoms with Crippen LogP contribution in [0.2, 0.25) is 0 Å². The highest BCUT2D eigenvalue weighted by molar-refractivity contribution is 6.15. The number of fused-ring (bicyclic) bond motifs is 2. The lowest BCUT2D eigenvalue weighted by molar-refractivity contribution is -0.119. The summed E-state index contributed by atoms with van der Waals surface area (Å²) in [5.41, 5.74) is -0.354. The second-order valence-electron chi connectivity index (χ2n) is 7.61. The van der Waals surface area contributed by atoms with Crippen LogP contribution in [0.25, 0.3) is 0 Å². The molecule has 2 amide bonds. The number of imide groups is 1. The van der Waals surface area contributed by atoms with Crippen molar-refractivity contribution in [1.82, 2.24) is 0 Å². The lowest BCUT2D eigenvalue weighted by Gasteiger charge is -2.39. The smallest absolute Gasteiger partial charge is 0.421 e. The molecular weight excluding hydrogens is 346 g/mol. The molecule has 1 heterocycles. The zero-order valence-electron chi connectivity index (χ0n) is 15.9. The molecule has 0 N–H and O–H groups in total. The van der Waals surface area contributed by atoms with Crippen molar-refractivity contribution < 1.29 is 23.9 Å². The first-order valence-electron chi connectivity index (χ1n) is 8.91. The van der Waals surface area contributed by atoms with Crippen LogP contribution in [0, 0.1) is 0 Å². The molecule has 1 spiro atoms. The summed E-state index contributed by atoms with van der Waals surface area (Å²) in [6, 6.07) is 5.21. The van der Waals surface area contributed by atoms with Gasteiger partial charge in [0.05, 0.1) is 12.3 Å². The van der Waals surface area contributed by atoms with E-state index < -0.39 is 17.1 Å². The molecule has 0 atom stereocenters. The molecule has 3 rings (SSSR count). The normalized spacial score (nSPS) is 17.9. The summed E-state index contributed by atoms with van der Waals surface area (Å²) in [5.74, 6) is 0.113. The van der Waals surface area contributed by atoms with Gasteiger partial charge < -0.3 is 9.47 Å². The summed E-state index contributed by atoms with van der Waals surface area (Å²) >= 11 is 0. The van der Waals surface area contributed by atoms with Gasteiger partial charge in [-0.1, -0.05) is 12.2 Å². The van der Waals surface area contributed by atoms with E-state index in [4.69, 9.17) is 9.47 Å². The van der Waals surface area contributed by atoms with E-state index in [1.165, 1.54) is 12.2 Å². The first-order valence-corrected chi connectivity index (χ1v) is 8.91. The minimum atomic E-state index is -0.786. The molecule has 0 unspecified atom stereocenters. The molecule has 0 bridgehead atoms. The average molecular weight is 369 g/mol. The lowest BCUT2D eigenvalue weighted by atomic mass is 9.71. The van der Waals surface area contributed by atoms with Crippen LogP contribution in [-0.2, 0) is 19.7 Å². The van der Waals surface area contributed by atoms with Gasteiger partial charge in [-0.3, -0.25) is 9.59 Å². The van der Waals surface area contributed by atoms with Crippen LogP contribution in [0.5, 0.6) is 5.75 Å². The number of benzene rings is 1. The van der Waals surface area contributed by atoms with Crippen LogP contribution in [0.1, 0.15) is 39.7 Å². The molecule has 2 aliphatic rings. The highest BCUT2D eigenvalue weighted by Gasteiger charge is 2.44. The zero-order valence-corrected chi connectivity index (χ0v) is 15.9. The molecule has 0 radical (unpaired) electrons. The van der Waals surface area contributed by atoms with Crippen LogP contribution in [0.15, 0.2) is 42.5 Å². The third kappa shape index (κ3) is 3.65. The Labute approximate surface area is 158 Å². The highest BCUT2D eigenvalue weighted by Crippen LogP contribution is 2.45. The van der Waals surface area contributed by atoms with Crippen molar-refractivity contribution in [2.45, 2.75) is 45.1 Å². The fraction of sp³-hybridized carbons (Fsp3) is 0.381. The van der Waals surface area contributed by atoms with Gasteiger partial charge in [-0.15, -0.1) is 0 Å². The molecule has 1 aliphatic heterocycles. The van der Waals surface area contributed by atoms with Gasteiger partial charge in [0, 0.05) is 11.8 Å². The fourth-order valence-electron chi connectivity index (χ4n) is 3.28. The number of carbonyl (C=O) groups excluding carboxylic acids is 3. The van der Waals surface area contributed by atoms with Crippen molar-refractivity contribution in [3.63, 3.8) is 0 Å². The van der Waals surface area contributed by atoms with Crippen LogP contribution >= 0.6 is 0 Å². The van der Waals surface area contributed by atoms with Crippen molar-refractivity contribution in [3.8, 4) is 5.75 Å². The maximum absolute atomic E-state index is 12.9. The van der Waals surface area contributed by atoms with Gasteiger partial charge in [0.1, 0.15) is 11.4 Å². The molecular formula is C21H23NO5. The number of allylic oxidation sites excluding steroid dienone is 4. The Bertz CT molecular complexity index is 844. The summed E-state index contributed by atoms with van der Waals surface area (Å²) in [5, 5.41) is 0. The molecule has 0 saturated heterocycles. The quantitative estimate of drug-likeness (QED) is 0.795. The van der Waals surface area contributed by atoms with E-state index in [1.807, 2.05) is 13.0 Å². The molecule has 0 saturated carbocycles. The second-order valence-corrected chi connectivity index (χ2v) is 7.61. The Morgan fingerprint density at radius 2 is 1.85 bits per heavy atom. The first-order chi connectivity index (χ1) is 12.6. The topological polar surface area (TPSA) is 72.9 Å². The predicted octanol–water partition coefficient (Wildman–Crippen LogP) is 3.69. The Kier molecular flexibility index (Phi) is 4.68. The summed E-state index contributed by atoms with van der Waals surface area (Å²) in [6.07, 6.45) is 5.64. The van der Waals surface area contributed by atoms with Gasteiger partial charge in [-0.05, 0) is 63.6 Å². The number of amides is 2. The molecule has 0 fully saturated rings. The van der Waals surface area contributed by atoms with Crippen LogP contribution in [0.3, 0.4) is 0 Å². The largest absolute Gasteiger partial charge is 0.494 e. The van der Waals surface area contributed by atoms with Gasteiger partial charge in [0.15, 0.2) is 5.78 Å². The summed E-state index contributed by atoms with van der Waals surface area (Å²) in [6.45, 7) is 7.61. The minimum Gasteiger partial charge on any atom is -0.494 e. The van der Waals surface area contributed by atoms with Gasteiger partial charge in [-0.25, -0.2) is 9.69 Å². The van der Waals surface area contributed by atoms with E-state index >= 15 is 0 Å². The van der Waals surface area contributed by atoms with E-state index in [1.54, 1.807) is 45.1 Å². The van der Waals surface area contributed by atoms with E-state index in [2.05, 4.69) is 0 Å².